The Kier molecular flexibility index (Phi) is 8.44. The monoisotopic (exact) mass is 500 g/mol. The molecule has 3 heterocycles. The Labute approximate surface area is 208 Å². The summed E-state index contributed by atoms with van der Waals surface area (Å²) in [7, 11) is 1.64. The minimum absolute atomic E-state index is 0.138. The molecule has 1 aromatic carbocycles. The molecule has 0 spiro atoms. The van der Waals surface area contributed by atoms with Gasteiger partial charge in [0.2, 0.25) is 5.88 Å². The molecule has 2 N–H and O–H groups in total. The van der Waals surface area contributed by atoms with E-state index < -0.39 is 18.5 Å². The number of urea groups is 1. The Bertz CT molecular complexity index is 1160. The van der Waals surface area contributed by atoms with Crippen molar-refractivity contribution in [2.24, 2.45) is 0 Å². The van der Waals surface area contributed by atoms with E-state index in [2.05, 4.69) is 25.6 Å². The van der Waals surface area contributed by atoms with Crippen molar-refractivity contribution >= 4 is 11.8 Å². The fourth-order valence-corrected chi connectivity index (χ4v) is 4.37. The van der Waals surface area contributed by atoms with Gasteiger partial charge in [-0.2, -0.15) is 0 Å². The van der Waals surface area contributed by atoms with E-state index in [0.717, 1.165) is 6.20 Å². The second kappa shape index (κ2) is 11.9. The Hall–Kier alpha value is -3.57. The van der Waals surface area contributed by atoms with Crippen molar-refractivity contribution in [2.45, 2.75) is 18.9 Å². The number of pyridine rings is 1. The molecule has 4 rings (SSSR count). The molecule has 9 nitrogen and oxygen atoms in total. The van der Waals surface area contributed by atoms with Crippen molar-refractivity contribution in [3.8, 4) is 11.6 Å². The van der Waals surface area contributed by atoms with Crippen LogP contribution in [0.15, 0.2) is 48.8 Å². The third-order valence-electron chi connectivity index (χ3n) is 6.11. The predicted molar refractivity (Wildman–Crippen MR) is 131 cm³/mol. The van der Waals surface area contributed by atoms with Crippen LogP contribution in [-0.2, 0) is 4.74 Å². The SMILES string of the molecule is COCCN1C[C@@H](NC(=O)Nc2c(C)c(OCCF)nn2-c2ccccc2)[C@H](c2cncc(F)c2)C1. The number of ether oxygens (including phenoxy) is 2. The van der Waals surface area contributed by atoms with E-state index in [0.29, 0.717) is 48.9 Å². The molecule has 0 unspecified atom stereocenters. The number of nitrogens with one attached hydrogen (secondary N) is 2. The highest BCUT2D eigenvalue weighted by atomic mass is 19.1. The second-order valence-corrected chi connectivity index (χ2v) is 8.56. The van der Waals surface area contributed by atoms with Crippen LogP contribution >= 0.6 is 0 Å². The van der Waals surface area contributed by atoms with Crippen LogP contribution in [0.2, 0.25) is 0 Å². The molecule has 0 bridgehead atoms. The summed E-state index contributed by atoms with van der Waals surface area (Å²) in [5, 5.41) is 10.4. The van der Waals surface area contributed by atoms with Crippen molar-refractivity contribution in [3.63, 3.8) is 0 Å². The van der Waals surface area contributed by atoms with Gasteiger partial charge in [0, 0.05) is 38.9 Å². The number of hydrogen-bond donors (Lipinski definition) is 2. The molecule has 0 aliphatic carbocycles. The van der Waals surface area contributed by atoms with Crippen LogP contribution in [0, 0.1) is 12.7 Å². The average molecular weight is 501 g/mol. The third kappa shape index (κ3) is 5.97. The highest BCUT2D eigenvalue weighted by molar-refractivity contribution is 5.90. The lowest BCUT2D eigenvalue weighted by Crippen LogP contribution is -2.42. The normalized spacial score (nSPS) is 17.8. The number of nitrogens with zero attached hydrogens (tertiary/aromatic N) is 4. The molecule has 1 aliphatic heterocycles. The zero-order valence-corrected chi connectivity index (χ0v) is 20.3. The van der Waals surface area contributed by atoms with Gasteiger partial charge >= 0.3 is 6.03 Å². The maximum atomic E-state index is 13.9. The van der Waals surface area contributed by atoms with E-state index in [1.807, 2.05) is 30.3 Å². The average Bonchev–Trinajstić information content (AvgIpc) is 3.42. The highest BCUT2D eigenvalue weighted by Gasteiger charge is 2.35. The molecule has 2 atom stereocenters. The minimum Gasteiger partial charge on any atom is -0.474 e. The number of amides is 2. The van der Waals surface area contributed by atoms with Crippen molar-refractivity contribution in [3.05, 3.63) is 65.7 Å². The van der Waals surface area contributed by atoms with Gasteiger partial charge in [0.05, 0.1) is 30.1 Å². The summed E-state index contributed by atoms with van der Waals surface area (Å²) in [5.41, 5.74) is 2.00. The number of carbonyl (C=O) groups excluding carboxylic acids is 1. The number of alkyl halides is 1. The molecule has 0 radical (unpaired) electrons. The van der Waals surface area contributed by atoms with Gasteiger partial charge in [-0.15, -0.1) is 5.10 Å². The second-order valence-electron chi connectivity index (χ2n) is 8.56. The predicted octanol–water partition coefficient (Wildman–Crippen LogP) is 3.30. The van der Waals surface area contributed by atoms with Gasteiger partial charge in [-0.25, -0.2) is 18.3 Å². The number of halogens is 2. The first-order valence-corrected chi connectivity index (χ1v) is 11.7. The quantitative estimate of drug-likeness (QED) is 0.444. The maximum Gasteiger partial charge on any atom is 0.320 e. The molecule has 1 fully saturated rings. The number of benzene rings is 1. The number of hydrogen-bond acceptors (Lipinski definition) is 6. The molecule has 0 saturated carbocycles. The molecule has 2 aromatic heterocycles. The largest absolute Gasteiger partial charge is 0.474 e. The van der Waals surface area contributed by atoms with Crippen molar-refractivity contribution in [1.29, 1.82) is 0 Å². The first-order chi connectivity index (χ1) is 17.5. The van der Waals surface area contributed by atoms with Crippen LogP contribution < -0.4 is 15.4 Å². The summed E-state index contributed by atoms with van der Waals surface area (Å²) in [4.78, 5) is 19.3. The van der Waals surface area contributed by atoms with Gasteiger partial charge in [-0.1, -0.05) is 18.2 Å². The lowest BCUT2D eigenvalue weighted by Gasteiger charge is -2.20. The van der Waals surface area contributed by atoms with Gasteiger partial charge in [0.15, 0.2) is 0 Å². The van der Waals surface area contributed by atoms with Crippen LogP contribution in [0.4, 0.5) is 19.4 Å². The number of rotatable bonds is 10. The van der Waals surface area contributed by atoms with Crippen LogP contribution in [0.1, 0.15) is 17.0 Å². The number of likely N-dealkylation sites (tertiary alicyclic amines) is 1. The summed E-state index contributed by atoms with van der Waals surface area (Å²) in [6.45, 7) is 3.38. The first-order valence-electron chi connectivity index (χ1n) is 11.7. The maximum absolute atomic E-state index is 13.9. The standard InChI is InChI=1S/C25H30F2N6O3/c1-17-23(33(20-6-4-3-5-7-20)31-24(17)36-10-8-26)30-25(34)29-22-16-32(9-11-35-2)15-21(22)18-12-19(27)14-28-13-18/h3-7,12-14,21-22H,8-11,15-16H2,1-2H3,(H2,29,30,34)/t21-,22+/m0/s1. The van der Waals surface area contributed by atoms with E-state index in [1.54, 1.807) is 24.9 Å². The first kappa shape index (κ1) is 25.5. The van der Waals surface area contributed by atoms with E-state index in [9.17, 15) is 13.6 Å². The summed E-state index contributed by atoms with van der Waals surface area (Å²) in [5.74, 6) is 0.0708. The molecular formula is C25H30F2N6O3. The van der Waals surface area contributed by atoms with Gasteiger partial charge in [0.25, 0.3) is 0 Å². The summed E-state index contributed by atoms with van der Waals surface area (Å²) < 4.78 is 38.8. The molecule has 11 heteroatoms. The number of aromatic nitrogens is 3. The van der Waals surface area contributed by atoms with Crippen LogP contribution in [0.3, 0.4) is 0 Å². The number of para-hydroxylation sites is 1. The molecule has 2 amide bonds. The summed E-state index contributed by atoms with van der Waals surface area (Å²) in [6.07, 6.45) is 2.79. The lowest BCUT2D eigenvalue weighted by atomic mass is 9.96. The fourth-order valence-electron chi connectivity index (χ4n) is 4.37. The lowest BCUT2D eigenvalue weighted by molar-refractivity contribution is 0.159. The van der Waals surface area contributed by atoms with E-state index >= 15 is 0 Å². The van der Waals surface area contributed by atoms with Crippen LogP contribution in [0.25, 0.3) is 5.69 Å². The highest BCUT2D eigenvalue weighted by Crippen LogP contribution is 2.30. The number of carbonyl (C=O) groups is 1. The number of anilines is 1. The number of methoxy groups -OCH3 is 1. The molecule has 36 heavy (non-hydrogen) atoms. The molecule has 1 saturated heterocycles. The van der Waals surface area contributed by atoms with Gasteiger partial charge < -0.3 is 14.8 Å². The Morgan fingerprint density at radius 3 is 2.72 bits per heavy atom. The minimum atomic E-state index is -0.654. The van der Waals surface area contributed by atoms with Crippen LogP contribution in [0.5, 0.6) is 5.88 Å². The Morgan fingerprint density at radius 2 is 2.00 bits per heavy atom. The third-order valence-corrected chi connectivity index (χ3v) is 6.11. The zero-order chi connectivity index (χ0) is 25.5. The van der Waals surface area contributed by atoms with Crippen molar-refractivity contribution in [1.82, 2.24) is 25.0 Å². The van der Waals surface area contributed by atoms with Crippen LogP contribution in [-0.4, -0.2) is 78.4 Å². The fraction of sp³-hybridized carbons (Fsp3) is 0.400. The topological polar surface area (TPSA) is 93.5 Å². The molecule has 1 aliphatic rings. The van der Waals surface area contributed by atoms with E-state index in [4.69, 9.17) is 9.47 Å². The van der Waals surface area contributed by atoms with Crippen molar-refractivity contribution < 1.29 is 23.0 Å². The zero-order valence-electron chi connectivity index (χ0n) is 20.3. The molecule has 3 aromatic rings. The Morgan fingerprint density at radius 1 is 1.19 bits per heavy atom. The van der Waals surface area contributed by atoms with E-state index in [-0.39, 0.29) is 24.4 Å². The Balaban J connectivity index is 1.55. The van der Waals surface area contributed by atoms with Gasteiger partial charge in [0.1, 0.15) is 24.9 Å². The van der Waals surface area contributed by atoms with E-state index in [1.165, 1.54) is 6.07 Å². The van der Waals surface area contributed by atoms with Crippen molar-refractivity contribution in [2.75, 3.05) is 51.9 Å². The molecular weight excluding hydrogens is 470 g/mol. The summed E-state index contributed by atoms with van der Waals surface area (Å²) >= 11 is 0. The molecule has 192 valence electrons. The van der Waals surface area contributed by atoms with Gasteiger partial charge in [-0.05, 0) is 30.7 Å². The summed E-state index contributed by atoms with van der Waals surface area (Å²) in [6, 6.07) is 9.97. The van der Waals surface area contributed by atoms with Gasteiger partial charge in [-0.3, -0.25) is 15.2 Å². The smallest absolute Gasteiger partial charge is 0.320 e.